The lowest BCUT2D eigenvalue weighted by atomic mass is 10.1. The van der Waals surface area contributed by atoms with Gasteiger partial charge in [-0.05, 0) is 24.3 Å². The van der Waals surface area contributed by atoms with Gasteiger partial charge in [-0.1, -0.05) is 23.7 Å². The quantitative estimate of drug-likeness (QED) is 0.316. The molecule has 2 heterocycles. The number of carboxylic acids is 1. The van der Waals surface area contributed by atoms with Crippen LogP contribution in [0.4, 0.5) is 42.0 Å². The Kier molecular flexibility index (Phi) is 10.3. The van der Waals surface area contributed by atoms with Gasteiger partial charge in [0.25, 0.3) is 5.91 Å². The first-order valence-corrected chi connectivity index (χ1v) is 12.1. The van der Waals surface area contributed by atoms with Crippen molar-refractivity contribution in [3.8, 4) is 5.75 Å². The summed E-state index contributed by atoms with van der Waals surface area (Å²) in [5.41, 5.74) is 2.83. The molecule has 0 atom stereocenters. The number of amides is 1. The number of morpholine rings is 1. The largest absolute Gasteiger partial charge is 0.494 e. The number of benzene rings is 2. The van der Waals surface area contributed by atoms with E-state index in [-0.39, 0.29) is 5.91 Å². The molecular formula is C25H26ClF3N6O5. The van der Waals surface area contributed by atoms with E-state index in [9.17, 15) is 18.0 Å². The van der Waals surface area contributed by atoms with Gasteiger partial charge in [0.1, 0.15) is 10.8 Å². The molecule has 11 nitrogen and oxygen atoms in total. The smallest absolute Gasteiger partial charge is 0.490 e. The Hall–Kier alpha value is -4.30. The number of hydrogen-bond donors (Lipinski definition) is 4. The van der Waals surface area contributed by atoms with Crippen molar-refractivity contribution < 1.29 is 37.3 Å². The highest BCUT2D eigenvalue weighted by molar-refractivity contribution is 6.33. The van der Waals surface area contributed by atoms with Crippen molar-refractivity contribution in [1.82, 2.24) is 15.3 Å². The van der Waals surface area contributed by atoms with Gasteiger partial charge >= 0.3 is 12.1 Å². The van der Waals surface area contributed by atoms with Crippen molar-refractivity contribution >= 4 is 52.3 Å². The van der Waals surface area contributed by atoms with E-state index in [2.05, 4.69) is 30.8 Å². The molecule has 2 aromatic carbocycles. The Bertz CT molecular complexity index is 1340. The topological polar surface area (TPSA) is 138 Å². The molecule has 3 aromatic rings. The van der Waals surface area contributed by atoms with Gasteiger partial charge in [-0.2, -0.15) is 18.2 Å². The number of nitrogens with zero attached hydrogens (tertiary/aromatic N) is 3. The number of para-hydroxylation sites is 1. The number of aliphatic carboxylic acids is 1. The van der Waals surface area contributed by atoms with Gasteiger partial charge in [0.2, 0.25) is 5.95 Å². The third kappa shape index (κ3) is 8.10. The van der Waals surface area contributed by atoms with Crippen molar-refractivity contribution in [3.63, 3.8) is 0 Å². The molecule has 0 radical (unpaired) electrons. The van der Waals surface area contributed by atoms with Gasteiger partial charge in [-0.3, -0.25) is 4.79 Å². The van der Waals surface area contributed by atoms with Gasteiger partial charge in [0.15, 0.2) is 5.82 Å². The van der Waals surface area contributed by atoms with Crippen LogP contribution < -0.4 is 25.6 Å². The Morgan fingerprint density at radius 1 is 1.10 bits per heavy atom. The fourth-order valence-electron chi connectivity index (χ4n) is 3.49. The second kappa shape index (κ2) is 13.7. The van der Waals surface area contributed by atoms with Crippen LogP contribution in [0.25, 0.3) is 0 Å². The fraction of sp³-hybridized carbons (Fsp3) is 0.280. The maximum atomic E-state index is 12.2. The van der Waals surface area contributed by atoms with Crippen LogP contribution in [0.3, 0.4) is 0 Å². The van der Waals surface area contributed by atoms with Gasteiger partial charge < -0.3 is 35.4 Å². The molecular weight excluding hydrogens is 557 g/mol. The van der Waals surface area contributed by atoms with Crippen LogP contribution in [0.2, 0.25) is 5.02 Å². The number of hydrogen-bond acceptors (Lipinski definition) is 9. The molecule has 1 saturated heterocycles. The second-order valence-corrected chi connectivity index (χ2v) is 8.46. The summed E-state index contributed by atoms with van der Waals surface area (Å²) in [5, 5.41) is 16.4. The molecule has 4 N–H and O–H groups in total. The third-order valence-electron chi connectivity index (χ3n) is 5.45. The van der Waals surface area contributed by atoms with E-state index in [4.69, 9.17) is 31.0 Å². The average Bonchev–Trinajstić information content (AvgIpc) is 2.95. The molecule has 1 fully saturated rings. The van der Waals surface area contributed by atoms with E-state index in [0.29, 0.717) is 52.7 Å². The predicted molar refractivity (Wildman–Crippen MR) is 143 cm³/mol. The monoisotopic (exact) mass is 582 g/mol. The zero-order valence-corrected chi connectivity index (χ0v) is 22.1. The molecule has 4 rings (SSSR count). The number of alkyl halides is 3. The highest BCUT2D eigenvalue weighted by Crippen LogP contribution is 2.33. The van der Waals surface area contributed by atoms with E-state index in [1.807, 2.05) is 24.3 Å². The summed E-state index contributed by atoms with van der Waals surface area (Å²) in [6, 6.07) is 13.0. The second-order valence-electron chi connectivity index (χ2n) is 8.05. The van der Waals surface area contributed by atoms with Crippen LogP contribution in [0.1, 0.15) is 10.4 Å². The molecule has 0 spiro atoms. The third-order valence-corrected chi connectivity index (χ3v) is 5.72. The maximum Gasteiger partial charge on any atom is 0.490 e. The van der Waals surface area contributed by atoms with Crippen LogP contribution in [0, 0.1) is 0 Å². The highest BCUT2D eigenvalue weighted by atomic mass is 35.5. The van der Waals surface area contributed by atoms with Crippen molar-refractivity contribution in [2.24, 2.45) is 0 Å². The molecule has 0 aliphatic carbocycles. The lowest BCUT2D eigenvalue weighted by Crippen LogP contribution is -2.36. The van der Waals surface area contributed by atoms with E-state index in [1.165, 1.54) is 6.20 Å². The Morgan fingerprint density at radius 2 is 1.77 bits per heavy atom. The van der Waals surface area contributed by atoms with Crippen LogP contribution in [-0.2, 0) is 9.53 Å². The van der Waals surface area contributed by atoms with Crippen molar-refractivity contribution in [2.45, 2.75) is 6.18 Å². The molecule has 0 unspecified atom stereocenters. The molecule has 15 heteroatoms. The summed E-state index contributed by atoms with van der Waals surface area (Å²) in [6.45, 7) is 3.09. The molecule has 214 valence electrons. The summed E-state index contributed by atoms with van der Waals surface area (Å²) < 4.78 is 42.8. The SMILES string of the molecule is CNC(=O)c1ccccc1Nc1nc(Nc2ccc(N3CCOCC3)cc2OC)ncc1Cl.O=C(O)C(F)(F)F. The van der Waals surface area contributed by atoms with Crippen molar-refractivity contribution in [1.29, 1.82) is 0 Å². The molecule has 0 saturated carbocycles. The normalized spacial score (nSPS) is 13.0. The minimum Gasteiger partial charge on any atom is -0.494 e. The molecule has 1 aliphatic heterocycles. The number of methoxy groups -OCH3 is 1. The summed E-state index contributed by atoms with van der Waals surface area (Å²) in [7, 11) is 3.20. The van der Waals surface area contributed by atoms with Crippen LogP contribution in [0.15, 0.2) is 48.7 Å². The number of carbonyl (C=O) groups is 2. The van der Waals surface area contributed by atoms with E-state index in [1.54, 1.807) is 32.4 Å². The Morgan fingerprint density at radius 3 is 2.40 bits per heavy atom. The first-order valence-electron chi connectivity index (χ1n) is 11.7. The minimum atomic E-state index is -5.08. The van der Waals surface area contributed by atoms with E-state index >= 15 is 0 Å². The molecule has 1 aromatic heterocycles. The Labute approximate surface area is 232 Å². The summed E-state index contributed by atoms with van der Waals surface area (Å²) in [6.07, 6.45) is -3.59. The number of carboxylic acid groups (broad SMARTS) is 1. The zero-order valence-electron chi connectivity index (χ0n) is 21.4. The van der Waals surface area contributed by atoms with Crippen LogP contribution in [-0.4, -0.2) is 73.6 Å². The first-order chi connectivity index (χ1) is 19.0. The zero-order chi connectivity index (χ0) is 29.3. The van der Waals surface area contributed by atoms with Crippen molar-refractivity contribution in [3.05, 3.63) is 59.2 Å². The first kappa shape index (κ1) is 30.2. The lowest BCUT2D eigenvalue weighted by Gasteiger charge is -2.29. The standard InChI is InChI=1S/C23H25ClN6O3.C2HF3O2/c1-25-22(31)16-5-3-4-6-18(16)27-21-17(24)14-26-23(29-21)28-19-8-7-15(13-20(19)32-2)30-9-11-33-12-10-30;3-2(4,5)1(6)7/h3-8,13-14H,9-12H2,1-2H3,(H,25,31)(H2,26,27,28,29);(H,6,7). The predicted octanol–water partition coefficient (Wildman–Crippen LogP) is 4.46. The number of aromatic nitrogens is 2. The van der Waals surface area contributed by atoms with Gasteiger partial charge in [0.05, 0.1) is 43.5 Å². The van der Waals surface area contributed by atoms with Crippen molar-refractivity contribution in [2.75, 3.05) is 56.0 Å². The number of rotatable bonds is 7. The summed E-state index contributed by atoms with van der Waals surface area (Å²) in [5.74, 6) is -1.61. The molecule has 40 heavy (non-hydrogen) atoms. The summed E-state index contributed by atoms with van der Waals surface area (Å²) in [4.78, 5) is 32.1. The van der Waals surface area contributed by atoms with Gasteiger partial charge in [-0.25, -0.2) is 9.78 Å². The molecule has 1 amide bonds. The fourth-order valence-corrected chi connectivity index (χ4v) is 3.63. The maximum absolute atomic E-state index is 12.2. The molecule has 0 bridgehead atoms. The minimum absolute atomic E-state index is 0.216. The molecule has 1 aliphatic rings. The summed E-state index contributed by atoms with van der Waals surface area (Å²) >= 11 is 6.32. The van der Waals surface area contributed by atoms with Gasteiger partial charge in [0, 0.05) is 31.9 Å². The number of ether oxygens (including phenoxy) is 2. The highest BCUT2D eigenvalue weighted by Gasteiger charge is 2.38. The number of anilines is 5. The van der Waals surface area contributed by atoms with Crippen LogP contribution >= 0.6 is 11.6 Å². The van der Waals surface area contributed by atoms with Gasteiger partial charge in [-0.15, -0.1) is 0 Å². The van der Waals surface area contributed by atoms with E-state index in [0.717, 1.165) is 18.8 Å². The Balaban J connectivity index is 0.000000559. The number of nitrogens with one attached hydrogen (secondary N) is 3. The van der Waals surface area contributed by atoms with Crippen LogP contribution in [0.5, 0.6) is 5.75 Å². The average molecular weight is 583 g/mol. The number of halogens is 4. The van der Waals surface area contributed by atoms with E-state index < -0.39 is 12.1 Å². The lowest BCUT2D eigenvalue weighted by molar-refractivity contribution is -0.192. The number of carbonyl (C=O) groups excluding carboxylic acids is 1.